The molecule has 26 heavy (non-hydrogen) atoms. The summed E-state index contributed by atoms with van der Waals surface area (Å²) in [7, 11) is 0. The molecule has 0 atom stereocenters. The van der Waals surface area contributed by atoms with Crippen LogP contribution in [0.1, 0.15) is 10.4 Å². The number of hydrogen-bond acceptors (Lipinski definition) is 5. The average molecular weight is 364 g/mol. The molecule has 2 heterocycles. The monoisotopic (exact) mass is 364 g/mol. The predicted octanol–water partition coefficient (Wildman–Crippen LogP) is 4.26. The van der Waals surface area contributed by atoms with Gasteiger partial charge in [0.05, 0.1) is 0 Å². The maximum absolute atomic E-state index is 12.4. The SMILES string of the molecule is O=C(Nc1ccc2c(c1)OCCO2)c1ccc(Sc2ccccn2)cc1. The summed E-state index contributed by atoms with van der Waals surface area (Å²) in [5, 5.41) is 3.80. The van der Waals surface area contributed by atoms with Crippen molar-refractivity contribution in [2.45, 2.75) is 9.92 Å². The zero-order chi connectivity index (χ0) is 17.8. The van der Waals surface area contributed by atoms with Gasteiger partial charge in [-0.25, -0.2) is 4.98 Å². The van der Waals surface area contributed by atoms with Gasteiger partial charge in [0.25, 0.3) is 5.91 Å². The number of hydrogen-bond donors (Lipinski definition) is 1. The fourth-order valence-corrected chi connectivity index (χ4v) is 3.30. The van der Waals surface area contributed by atoms with Crippen molar-refractivity contribution in [1.82, 2.24) is 4.98 Å². The minimum Gasteiger partial charge on any atom is -0.486 e. The maximum atomic E-state index is 12.4. The molecule has 0 spiro atoms. The second kappa shape index (κ2) is 7.49. The van der Waals surface area contributed by atoms with Crippen LogP contribution in [0.2, 0.25) is 0 Å². The summed E-state index contributed by atoms with van der Waals surface area (Å²) < 4.78 is 11.0. The van der Waals surface area contributed by atoms with Gasteiger partial charge in [0, 0.05) is 28.4 Å². The number of carbonyl (C=O) groups excluding carboxylic acids is 1. The minimum absolute atomic E-state index is 0.170. The van der Waals surface area contributed by atoms with Gasteiger partial charge in [-0.3, -0.25) is 4.79 Å². The number of anilines is 1. The lowest BCUT2D eigenvalue weighted by Crippen LogP contribution is -2.16. The second-order valence-electron chi connectivity index (χ2n) is 5.61. The van der Waals surface area contributed by atoms with E-state index >= 15 is 0 Å². The Morgan fingerprint density at radius 2 is 1.77 bits per heavy atom. The summed E-state index contributed by atoms with van der Waals surface area (Å²) in [6, 6.07) is 18.6. The molecule has 130 valence electrons. The number of nitrogens with zero attached hydrogens (tertiary/aromatic N) is 1. The molecule has 2 aromatic carbocycles. The molecule has 0 unspecified atom stereocenters. The Balaban J connectivity index is 1.43. The number of pyridine rings is 1. The Morgan fingerprint density at radius 3 is 2.54 bits per heavy atom. The molecular formula is C20H16N2O3S. The number of benzene rings is 2. The highest BCUT2D eigenvalue weighted by Gasteiger charge is 2.13. The molecule has 0 saturated carbocycles. The van der Waals surface area contributed by atoms with Crippen LogP contribution < -0.4 is 14.8 Å². The summed E-state index contributed by atoms with van der Waals surface area (Å²) in [4.78, 5) is 17.8. The Labute approximate surface area is 155 Å². The van der Waals surface area contributed by atoms with Crippen LogP contribution in [0.5, 0.6) is 11.5 Å². The molecule has 0 aliphatic carbocycles. The van der Waals surface area contributed by atoms with Gasteiger partial charge < -0.3 is 14.8 Å². The molecule has 1 amide bonds. The molecule has 1 aliphatic rings. The van der Waals surface area contributed by atoms with E-state index in [-0.39, 0.29) is 5.91 Å². The van der Waals surface area contributed by atoms with Crippen LogP contribution >= 0.6 is 11.8 Å². The molecule has 0 fully saturated rings. The minimum atomic E-state index is -0.170. The second-order valence-corrected chi connectivity index (χ2v) is 6.70. The van der Waals surface area contributed by atoms with Crippen LogP contribution in [-0.4, -0.2) is 24.1 Å². The predicted molar refractivity (Wildman–Crippen MR) is 100 cm³/mol. The van der Waals surface area contributed by atoms with Gasteiger partial charge in [-0.05, 0) is 48.5 Å². The summed E-state index contributed by atoms with van der Waals surface area (Å²) in [6.45, 7) is 1.06. The number of ether oxygens (including phenoxy) is 2. The van der Waals surface area contributed by atoms with Gasteiger partial charge in [-0.2, -0.15) is 0 Å². The van der Waals surface area contributed by atoms with E-state index in [0.29, 0.717) is 36.0 Å². The fourth-order valence-electron chi connectivity index (χ4n) is 2.53. The number of carbonyl (C=O) groups is 1. The Kier molecular flexibility index (Phi) is 4.75. The van der Waals surface area contributed by atoms with Crippen LogP contribution in [-0.2, 0) is 0 Å². The van der Waals surface area contributed by atoms with Crippen molar-refractivity contribution in [3.05, 3.63) is 72.4 Å². The number of nitrogens with one attached hydrogen (secondary N) is 1. The maximum Gasteiger partial charge on any atom is 0.255 e. The first-order chi connectivity index (χ1) is 12.8. The topological polar surface area (TPSA) is 60.5 Å². The van der Waals surface area contributed by atoms with E-state index in [2.05, 4.69) is 10.3 Å². The Hall–Kier alpha value is -2.99. The summed E-state index contributed by atoms with van der Waals surface area (Å²) in [5.41, 5.74) is 1.26. The number of fused-ring (bicyclic) bond motifs is 1. The lowest BCUT2D eigenvalue weighted by molar-refractivity contribution is 0.102. The lowest BCUT2D eigenvalue weighted by atomic mass is 10.2. The summed E-state index contributed by atoms with van der Waals surface area (Å²) in [5.74, 6) is 1.18. The number of amides is 1. The van der Waals surface area contributed by atoms with Gasteiger partial charge in [-0.1, -0.05) is 17.8 Å². The first-order valence-corrected chi connectivity index (χ1v) is 8.99. The molecule has 6 heteroatoms. The molecule has 0 saturated heterocycles. The molecular weight excluding hydrogens is 348 g/mol. The Bertz CT molecular complexity index is 914. The zero-order valence-electron chi connectivity index (χ0n) is 13.8. The lowest BCUT2D eigenvalue weighted by Gasteiger charge is -2.19. The van der Waals surface area contributed by atoms with Crippen LogP contribution in [0, 0.1) is 0 Å². The van der Waals surface area contributed by atoms with Gasteiger partial charge in [-0.15, -0.1) is 0 Å². The molecule has 1 aromatic heterocycles. The van der Waals surface area contributed by atoms with E-state index in [0.717, 1.165) is 9.92 Å². The van der Waals surface area contributed by atoms with Gasteiger partial charge in [0.1, 0.15) is 18.2 Å². The number of aromatic nitrogens is 1. The van der Waals surface area contributed by atoms with Crippen LogP contribution in [0.25, 0.3) is 0 Å². The third kappa shape index (κ3) is 3.81. The van der Waals surface area contributed by atoms with Crippen molar-refractivity contribution in [2.24, 2.45) is 0 Å². The molecule has 5 nitrogen and oxygen atoms in total. The average Bonchev–Trinajstić information content (AvgIpc) is 2.69. The highest BCUT2D eigenvalue weighted by atomic mass is 32.2. The van der Waals surface area contributed by atoms with E-state index < -0.39 is 0 Å². The van der Waals surface area contributed by atoms with Crippen LogP contribution in [0.3, 0.4) is 0 Å². The van der Waals surface area contributed by atoms with Crippen LogP contribution in [0.4, 0.5) is 5.69 Å². The van der Waals surface area contributed by atoms with E-state index in [1.54, 1.807) is 48.3 Å². The molecule has 4 rings (SSSR count). The van der Waals surface area contributed by atoms with Gasteiger partial charge >= 0.3 is 0 Å². The molecule has 0 radical (unpaired) electrons. The largest absolute Gasteiger partial charge is 0.486 e. The molecule has 1 N–H and O–H groups in total. The number of rotatable bonds is 4. The fraction of sp³-hybridized carbons (Fsp3) is 0.100. The highest BCUT2D eigenvalue weighted by molar-refractivity contribution is 7.99. The van der Waals surface area contributed by atoms with Gasteiger partial charge in [0.2, 0.25) is 0 Å². The van der Waals surface area contributed by atoms with Gasteiger partial charge in [0.15, 0.2) is 11.5 Å². The Morgan fingerprint density at radius 1 is 0.962 bits per heavy atom. The third-order valence-electron chi connectivity index (χ3n) is 3.78. The van der Waals surface area contributed by atoms with Crippen molar-refractivity contribution in [3.63, 3.8) is 0 Å². The first-order valence-electron chi connectivity index (χ1n) is 8.18. The van der Waals surface area contributed by atoms with E-state index in [9.17, 15) is 4.79 Å². The van der Waals surface area contributed by atoms with Crippen LogP contribution in [0.15, 0.2) is 76.8 Å². The highest BCUT2D eigenvalue weighted by Crippen LogP contribution is 2.32. The van der Waals surface area contributed by atoms with Crippen molar-refractivity contribution < 1.29 is 14.3 Å². The normalized spacial score (nSPS) is 12.5. The molecule has 3 aromatic rings. The quantitative estimate of drug-likeness (QED) is 0.750. The van der Waals surface area contributed by atoms with Crippen molar-refractivity contribution in [1.29, 1.82) is 0 Å². The first kappa shape index (κ1) is 16.5. The van der Waals surface area contributed by atoms with Crippen molar-refractivity contribution >= 4 is 23.4 Å². The van der Waals surface area contributed by atoms with E-state index in [1.807, 2.05) is 30.3 Å². The molecule has 0 bridgehead atoms. The summed E-state index contributed by atoms with van der Waals surface area (Å²) >= 11 is 1.55. The van der Waals surface area contributed by atoms with Crippen molar-refractivity contribution in [2.75, 3.05) is 18.5 Å². The standard InChI is InChI=1S/C20H16N2O3S/c23-20(22-15-6-9-17-18(13-15)25-12-11-24-17)14-4-7-16(8-5-14)26-19-3-1-2-10-21-19/h1-10,13H,11-12H2,(H,22,23). The molecule has 1 aliphatic heterocycles. The van der Waals surface area contributed by atoms with E-state index in [4.69, 9.17) is 9.47 Å². The third-order valence-corrected chi connectivity index (χ3v) is 4.74. The summed E-state index contributed by atoms with van der Waals surface area (Å²) in [6.07, 6.45) is 1.76. The zero-order valence-corrected chi connectivity index (χ0v) is 14.7. The smallest absolute Gasteiger partial charge is 0.255 e. The van der Waals surface area contributed by atoms with E-state index in [1.165, 1.54) is 0 Å². The van der Waals surface area contributed by atoms with Crippen molar-refractivity contribution in [3.8, 4) is 11.5 Å².